The summed E-state index contributed by atoms with van der Waals surface area (Å²) in [6.45, 7) is 5.54. The highest BCUT2D eigenvalue weighted by molar-refractivity contribution is 6.35. The molecule has 0 aliphatic carbocycles. The first kappa shape index (κ1) is 15.0. The predicted octanol–water partition coefficient (Wildman–Crippen LogP) is 5.03. The van der Waals surface area contributed by atoms with Gasteiger partial charge in [-0.2, -0.15) is 0 Å². The fraction of sp³-hybridized carbons (Fsp3) is 0.250. The Labute approximate surface area is 129 Å². The van der Waals surface area contributed by atoms with Crippen molar-refractivity contribution in [2.45, 2.75) is 20.4 Å². The molecule has 0 spiro atoms. The van der Waals surface area contributed by atoms with Gasteiger partial charge in [-0.05, 0) is 37.6 Å². The second kappa shape index (κ2) is 6.38. The minimum atomic E-state index is 0.100. The van der Waals surface area contributed by atoms with Crippen molar-refractivity contribution in [3.63, 3.8) is 0 Å². The van der Waals surface area contributed by atoms with Crippen LogP contribution >= 0.6 is 23.2 Å². The lowest BCUT2D eigenvalue weighted by atomic mass is 10.1. The van der Waals surface area contributed by atoms with Gasteiger partial charge in [0, 0.05) is 29.4 Å². The summed E-state index contributed by atoms with van der Waals surface area (Å²) in [5.41, 5.74) is 3.07. The predicted molar refractivity (Wildman–Crippen MR) is 86.0 cm³/mol. The number of hydrogen-bond donors (Lipinski definition) is 1. The molecule has 2 nitrogen and oxygen atoms in total. The molecule has 0 fully saturated rings. The number of aromatic hydroxyl groups is 1. The Hall–Kier alpha value is -1.38. The molecule has 1 N–H and O–H groups in total. The number of aryl methyl sites for hydroxylation is 1. The number of rotatable bonds is 4. The van der Waals surface area contributed by atoms with E-state index in [4.69, 9.17) is 23.2 Å². The molecule has 0 aliphatic rings. The largest absolute Gasteiger partial charge is 0.506 e. The topological polar surface area (TPSA) is 23.5 Å². The molecule has 20 heavy (non-hydrogen) atoms. The number of nitrogens with zero attached hydrogens (tertiary/aromatic N) is 1. The lowest BCUT2D eigenvalue weighted by Gasteiger charge is -2.25. The smallest absolute Gasteiger partial charge is 0.139 e. The minimum Gasteiger partial charge on any atom is -0.506 e. The van der Waals surface area contributed by atoms with Gasteiger partial charge in [-0.1, -0.05) is 41.4 Å². The van der Waals surface area contributed by atoms with E-state index in [0.717, 1.165) is 17.8 Å². The fourth-order valence-electron chi connectivity index (χ4n) is 2.23. The van der Waals surface area contributed by atoms with Crippen LogP contribution in [0.15, 0.2) is 36.4 Å². The standard InChI is InChI=1S/C16H17Cl2NO/c1-3-19(15-7-5-4-6-11(15)2)10-12-8-13(17)9-14(18)16(12)20/h4-9,20H,3,10H2,1-2H3. The Kier molecular flexibility index (Phi) is 4.79. The van der Waals surface area contributed by atoms with Gasteiger partial charge in [0.05, 0.1) is 5.02 Å². The Balaban J connectivity index is 2.34. The minimum absolute atomic E-state index is 0.100. The molecule has 2 rings (SSSR count). The summed E-state index contributed by atoms with van der Waals surface area (Å²) < 4.78 is 0. The third-order valence-electron chi connectivity index (χ3n) is 3.31. The zero-order valence-corrected chi connectivity index (χ0v) is 13.0. The first-order chi connectivity index (χ1) is 9.52. The summed E-state index contributed by atoms with van der Waals surface area (Å²) in [7, 11) is 0. The van der Waals surface area contributed by atoms with Gasteiger partial charge in [0.25, 0.3) is 0 Å². The van der Waals surface area contributed by atoms with Crippen molar-refractivity contribution in [3.05, 3.63) is 57.6 Å². The van der Waals surface area contributed by atoms with Gasteiger partial charge < -0.3 is 10.0 Å². The molecule has 0 aromatic heterocycles. The summed E-state index contributed by atoms with van der Waals surface area (Å²) in [6, 6.07) is 11.5. The van der Waals surface area contributed by atoms with Crippen LogP contribution in [0.2, 0.25) is 10.0 Å². The third-order valence-corrected chi connectivity index (χ3v) is 3.81. The Bertz CT molecular complexity index is 613. The number of phenols is 1. The van der Waals surface area contributed by atoms with Crippen LogP contribution in [0.25, 0.3) is 0 Å². The summed E-state index contributed by atoms with van der Waals surface area (Å²) in [6.07, 6.45) is 0. The number of phenolic OH excluding ortho intramolecular Hbond substituents is 1. The van der Waals surface area contributed by atoms with E-state index in [9.17, 15) is 5.11 Å². The van der Waals surface area contributed by atoms with Gasteiger partial charge in [-0.3, -0.25) is 0 Å². The molecule has 2 aromatic rings. The molecular weight excluding hydrogens is 293 g/mol. The first-order valence-electron chi connectivity index (χ1n) is 6.50. The molecule has 4 heteroatoms. The van der Waals surface area contributed by atoms with Gasteiger partial charge in [-0.25, -0.2) is 0 Å². The number of benzene rings is 2. The number of halogens is 2. The second-order valence-electron chi connectivity index (χ2n) is 4.70. The molecule has 0 unspecified atom stereocenters. The zero-order valence-electron chi connectivity index (χ0n) is 11.5. The Morgan fingerprint density at radius 1 is 1.15 bits per heavy atom. The number of para-hydroxylation sites is 1. The van der Waals surface area contributed by atoms with Crippen molar-refractivity contribution in [2.24, 2.45) is 0 Å². The Morgan fingerprint density at radius 3 is 2.50 bits per heavy atom. The van der Waals surface area contributed by atoms with E-state index >= 15 is 0 Å². The van der Waals surface area contributed by atoms with E-state index in [2.05, 4.69) is 30.9 Å². The normalized spacial score (nSPS) is 10.6. The molecule has 0 heterocycles. The van der Waals surface area contributed by atoms with E-state index < -0.39 is 0 Å². The highest BCUT2D eigenvalue weighted by Gasteiger charge is 2.13. The van der Waals surface area contributed by atoms with Crippen molar-refractivity contribution < 1.29 is 5.11 Å². The maximum Gasteiger partial charge on any atom is 0.139 e. The molecule has 0 saturated carbocycles. The highest BCUT2D eigenvalue weighted by Crippen LogP contribution is 2.33. The quantitative estimate of drug-likeness (QED) is 0.855. The van der Waals surface area contributed by atoms with Crippen molar-refractivity contribution in [3.8, 4) is 5.75 Å². The van der Waals surface area contributed by atoms with Crippen LogP contribution in [-0.2, 0) is 6.54 Å². The maximum absolute atomic E-state index is 10.1. The highest BCUT2D eigenvalue weighted by atomic mass is 35.5. The van der Waals surface area contributed by atoms with Crippen LogP contribution in [0.3, 0.4) is 0 Å². The van der Waals surface area contributed by atoms with Crippen LogP contribution in [0.4, 0.5) is 5.69 Å². The second-order valence-corrected chi connectivity index (χ2v) is 5.54. The van der Waals surface area contributed by atoms with Gasteiger partial charge in [0.15, 0.2) is 0 Å². The third kappa shape index (κ3) is 3.20. The summed E-state index contributed by atoms with van der Waals surface area (Å²) in [5.74, 6) is 0.100. The van der Waals surface area contributed by atoms with Gasteiger partial charge >= 0.3 is 0 Å². The summed E-state index contributed by atoms with van der Waals surface area (Å²) in [5, 5.41) is 10.9. The fourth-order valence-corrected chi connectivity index (χ4v) is 2.77. The van der Waals surface area contributed by atoms with Crippen LogP contribution in [0.1, 0.15) is 18.1 Å². The van der Waals surface area contributed by atoms with E-state index in [1.54, 1.807) is 12.1 Å². The van der Waals surface area contributed by atoms with Crippen molar-refractivity contribution in [1.82, 2.24) is 0 Å². The molecule has 0 bridgehead atoms. The average Bonchev–Trinajstić information content (AvgIpc) is 2.42. The van der Waals surface area contributed by atoms with Gasteiger partial charge in [0.1, 0.15) is 5.75 Å². The molecule has 0 aliphatic heterocycles. The number of hydrogen-bond acceptors (Lipinski definition) is 2. The first-order valence-corrected chi connectivity index (χ1v) is 7.26. The zero-order chi connectivity index (χ0) is 14.7. The van der Waals surface area contributed by atoms with E-state index in [1.165, 1.54) is 5.56 Å². The Morgan fingerprint density at radius 2 is 1.85 bits per heavy atom. The summed E-state index contributed by atoms with van der Waals surface area (Å²) in [4.78, 5) is 2.18. The molecule has 0 radical (unpaired) electrons. The SMILES string of the molecule is CCN(Cc1cc(Cl)cc(Cl)c1O)c1ccccc1C. The van der Waals surface area contributed by atoms with Gasteiger partial charge in [-0.15, -0.1) is 0 Å². The number of anilines is 1. The molecule has 0 amide bonds. The van der Waals surface area contributed by atoms with Crippen LogP contribution in [0.5, 0.6) is 5.75 Å². The average molecular weight is 310 g/mol. The van der Waals surface area contributed by atoms with Crippen LogP contribution < -0.4 is 4.90 Å². The van der Waals surface area contributed by atoms with Crippen LogP contribution in [0, 0.1) is 6.92 Å². The molecule has 2 aromatic carbocycles. The van der Waals surface area contributed by atoms with Gasteiger partial charge in [0.2, 0.25) is 0 Å². The van der Waals surface area contributed by atoms with E-state index in [-0.39, 0.29) is 10.8 Å². The molecule has 106 valence electrons. The van der Waals surface area contributed by atoms with Crippen molar-refractivity contribution in [2.75, 3.05) is 11.4 Å². The summed E-state index contributed by atoms with van der Waals surface area (Å²) >= 11 is 12.0. The lowest BCUT2D eigenvalue weighted by Crippen LogP contribution is -2.22. The molecule has 0 saturated heterocycles. The van der Waals surface area contributed by atoms with E-state index in [0.29, 0.717) is 11.6 Å². The molecule has 0 atom stereocenters. The van der Waals surface area contributed by atoms with Crippen LogP contribution in [-0.4, -0.2) is 11.7 Å². The van der Waals surface area contributed by atoms with Crippen molar-refractivity contribution in [1.29, 1.82) is 0 Å². The van der Waals surface area contributed by atoms with Crippen molar-refractivity contribution >= 4 is 28.9 Å². The lowest BCUT2D eigenvalue weighted by molar-refractivity contribution is 0.467. The maximum atomic E-state index is 10.1. The molecular formula is C16H17Cl2NO. The monoisotopic (exact) mass is 309 g/mol. The van der Waals surface area contributed by atoms with E-state index in [1.807, 2.05) is 12.1 Å².